The zero-order chi connectivity index (χ0) is 29.5. The molecule has 2 amide bonds. The van der Waals surface area contributed by atoms with Gasteiger partial charge >= 0.3 is 0 Å². The quantitative estimate of drug-likeness (QED) is 0.377. The first-order valence-corrected chi connectivity index (χ1v) is 13.2. The zero-order valence-corrected chi connectivity index (χ0v) is 22.5. The topological polar surface area (TPSA) is 105 Å². The molecule has 2 N–H and O–H groups in total. The molecule has 0 spiro atoms. The van der Waals surface area contributed by atoms with Gasteiger partial charge in [-0.3, -0.25) is 14.6 Å². The van der Waals surface area contributed by atoms with Gasteiger partial charge in [0.25, 0.3) is 24.1 Å². The first kappa shape index (κ1) is 28.7. The number of alkyl halides is 2. The molecule has 0 saturated heterocycles. The fourth-order valence-electron chi connectivity index (χ4n) is 5.56. The maximum atomic E-state index is 15.2. The first-order chi connectivity index (χ1) is 19.5. The number of anilines is 1. The second-order valence-electron chi connectivity index (χ2n) is 10.0. The number of ether oxygens (including phenoxy) is 1. The number of nitrogens with zero attached hydrogens (tertiary/aromatic N) is 3. The smallest absolute Gasteiger partial charge is 0.281 e. The Hall–Kier alpha value is -3.77. The molecule has 1 fully saturated rings. The van der Waals surface area contributed by atoms with E-state index in [1.807, 2.05) is 0 Å². The van der Waals surface area contributed by atoms with Crippen LogP contribution >= 0.6 is 11.6 Å². The third-order valence-corrected chi connectivity index (χ3v) is 7.80. The Kier molecular flexibility index (Phi) is 7.89. The summed E-state index contributed by atoms with van der Waals surface area (Å²) in [6.45, 7) is 0.151. The van der Waals surface area contributed by atoms with Crippen molar-refractivity contribution in [1.29, 1.82) is 0 Å². The van der Waals surface area contributed by atoms with Crippen molar-refractivity contribution in [3.05, 3.63) is 81.8 Å². The first-order valence-electron chi connectivity index (χ1n) is 12.8. The van der Waals surface area contributed by atoms with Gasteiger partial charge in [-0.15, -0.1) is 0 Å². The SMILES string of the molecule is COc1nccc(C2(O)C(=O)N(C[C@H]3CC[C@H](NC(=O)c4cc(Cl)cnc4C(F)F)CC3)c3ccc(F)cc32)c1F. The molecule has 216 valence electrons. The maximum absolute atomic E-state index is 15.2. The van der Waals surface area contributed by atoms with Gasteiger partial charge in [-0.25, -0.2) is 22.5 Å². The summed E-state index contributed by atoms with van der Waals surface area (Å²) in [6, 6.07) is 5.51. The third-order valence-electron chi connectivity index (χ3n) is 7.59. The minimum atomic E-state index is -2.95. The molecule has 1 aromatic carbocycles. The van der Waals surface area contributed by atoms with E-state index in [9.17, 15) is 27.9 Å². The molecule has 0 radical (unpaired) electrons. The number of benzene rings is 1. The molecule has 1 aliphatic carbocycles. The molecule has 1 saturated carbocycles. The van der Waals surface area contributed by atoms with E-state index in [0.717, 1.165) is 30.5 Å². The molecule has 1 atom stereocenters. The van der Waals surface area contributed by atoms with Gasteiger partial charge in [0.15, 0.2) is 11.4 Å². The predicted molar refractivity (Wildman–Crippen MR) is 140 cm³/mol. The summed E-state index contributed by atoms with van der Waals surface area (Å²) in [5, 5.41) is 14.5. The van der Waals surface area contributed by atoms with Crippen LogP contribution in [0.15, 0.2) is 42.7 Å². The Labute approximate surface area is 237 Å². The van der Waals surface area contributed by atoms with E-state index in [2.05, 4.69) is 15.3 Å². The number of carbonyl (C=O) groups excluding carboxylic acids is 2. The van der Waals surface area contributed by atoms with Crippen LogP contribution in [0, 0.1) is 17.6 Å². The average Bonchev–Trinajstić information content (AvgIpc) is 3.15. The minimum absolute atomic E-state index is 0.0590. The molecule has 3 aromatic rings. The molecular formula is C28H25ClF4N4O4. The second-order valence-corrected chi connectivity index (χ2v) is 10.5. The third kappa shape index (κ3) is 5.21. The van der Waals surface area contributed by atoms with E-state index >= 15 is 4.39 Å². The van der Waals surface area contributed by atoms with Gasteiger partial charge < -0.3 is 20.1 Å². The molecule has 2 aromatic heterocycles. The Balaban J connectivity index is 1.31. The Morgan fingerprint density at radius 2 is 1.90 bits per heavy atom. The summed E-state index contributed by atoms with van der Waals surface area (Å²) in [7, 11) is 1.19. The molecule has 8 nitrogen and oxygen atoms in total. The van der Waals surface area contributed by atoms with Gasteiger partial charge in [0.2, 0.25) is 0 Å². The molecular weight excluding hydrogens is 568 g/mol. The normalized spacial score (nSPS) is 22.1. The van der Waals surface area contributed by atoms with Crippen LogP contribution in [0.5, 0.6) is 5.88 Å². The lowest BCUT2D eigenvalue weighted by Crippen LogP contribution is -2.45. The van der Waals surface area contributed by atoms with Crippen molar-refractivity contribution in [2.24, 2.45) is 5.92 Å². The highest BCUT2D eigenvalue weighted by molar-refractivity contribution is 6.30. The van der Waals surface area contributed by atoms with Crippen LogP contribution in [0.3, 0.4) is 0 Å². The molecule has 41 heavy (non-hydrogen) atoms. The standard InChI is InChI=1S/C28H25ClF4N4O4/c1-41-26-22(31)19(8-9-34-26)28(40)20-11-16(30)4-7-21(20)37(27(28)39)13-14-2-5-17(6-3-14)36-25(38)18-10-15(29)12-35-23(18)24(32)33/h4,7-12,14,17,24,40H,2-3,5-6,13H2,1H3,(H,36,38)/t14-,17-,28?. The number of aromatic nitrogens is 2. The number of carbonyl (C=O) groups is 2. The predicted octanol–water partition coefficient (Wildman–Crippen LogP) is 4.93. The summed E-state index contributed by atoms with van der Waals surface area (Å²) < 4.78 is 61.0. The van der Waals surface area contributed by atoms with Crippen molar-refractivity contribution in [3.8, 4) is 5.88 Å². The van der Waals surface area contributed by atoms with Crippen LogP contribution in [0.1, 0.15) is 59.3 Å². The van der Waals surface area contributed by atoms with Crippen molar-refractivity contribution in [2.45, 2.75) is 43.8 Å². The van der Waals surface area contributed by atoms with Crippen LogP contribution in [-0.2, 0) is 10.4 Å². The summed E-state index contributed by atoms with van der Waals surface area (Å²) in [6.07, 6.45) is 1.38. The lowest BCUT2D eigenvalue weighted by molar-refractivity contribution is -0.132. The summed E-state index contributed by atoms with van der Waals surface area (Å²) in [4.78, 5) is 35.1. The van der Waals surface area contributed by atoms with Gasteiger partial charge in [-0.2, -0.15) is 0 Å². The number of aliphatic hydroxyl groups is 1. The van der Waals surface area contributed by atoms with E-state index in [1.54, 1.807) is 0 Å². The van der Waals surface area contributed by atoms with Crippen LogP contribution in [0.2, 0.25) is 5.02 Å². The van der Waals surface area contributed by atoms with Crippen LogP contribution in [0.4, 0.5) is 23.2 Å². The van der Waals surface area contributed by atoms with Gasteiger partial charge in [-0.1, -0.05) is 11.6 Å². The molecule has 5 rings (SSSR count). The minimum Gasteiger partial charge on any atom is -0.479 e. The van der Waals surface area contributed by atoms with Gasteiger partial charge in [0, 0.05) is 36.1 Å². The number of halogens is 5. The van der Waals surface area contributed by atoms with Gasteiger partial charge in [-0.05, 0) is 61.9 Å². The zero-order valence-electron chi connectivity index (χ0n) is 21.7. The largest absolute Gasteiger partial charge is 0.479 e. The molecule has 3 heterocycles. The van der Waals surface area contributed by atoms with Crippen LogP contribution < -0.4 is 15.0 Å². The molecule has 0 bridgehead atoms. The lowest BCUT2D eigenvalue weighted by Gasteiger charge is -2.32. The van der Waals surface area contributed by atoms with Crippen LogP contribution in [0.25, 0.3) is 0 Å². The van der Waals surface area contributed by atoms with E-state index in [1.165, 1.54) is 24.3 Å². The molecule has 1 unspecified atom stereocenters. The Bertz CT molecular complexity index is 1500. The molecule has 1 aliphatic heterocycles. The van der Waals surface area contributed by atoms with Crippen molar-refractivity contribution in [3.63, 3.8) is 0 Å². The summed E-state index contributed by atoms with van der Waals surface area (Å²) in [5.74, 6) is -3.79. The number of fused-ring (bicyclic) bond motifs is 1. The average molecular weight is 593 g/mol. The number of nitrogens with one attached hydrogen (secondary N) is 1. The lowest BCUT2D eigenvalue weighted by atomic mass is 9.85. The van der Waals surface area contributed by atoms with E-state index in [-0.39, 0.29) is 40.3 Å². The van der Waals surface area contributed by atoms with Crippen molar-refractivity contribution < 1.29 is 37.0 Å². The number of rotatable bonds is 7. The number of hydrogen-bond donors (Lipinski definition) is 2. The molecule has 2 aliphatic rings. The number of amides is 2. The highest BCUT2D eigenvalue weighted by atomic mass is 35.5. The summed E-state index contributed by atoms with van der Waals surface area (Å²) in [5.41, 5.74) is -3.71. The van der Waals surface area contributed by atoms with Gasteiger partial charge in [0.1, 0.15) is 11.5 Å². The van der Waals surface area contributed by atoms with Crippen molar-refractivity contribution in [1.82, 2.24) is 15.3 Å². The van der Waals surface area contributed by atoms with Crippen molar-refractivity contribution in [2.75, 3.05) is 18.6 Å². The highest BCUT2D eigenvalue weighted by Gasteiger charge is 2.53. The van der Waals surface area contributed by atoms with Gasteiger partial charge in [0.05, 0.1) is 23.4 Å². The fraction of sp³-hybridized carbons (Fsp3) is 0.357. The maximum Gasteiger partial charge on any atom is 0.281 e. The fourth-order valence-corrected chi connectivity index (χ4v) is 5.72. The Morgan fingerprint density at radius 1 is 1.17 bits per heavy atom. The second kappa shape index (κ2) is 11.2. The molecule has 13 heteroatoms. The van der Waals surface area contributed by atoms with E-state index in [0.29, 0.717) is 25.7 Å². The number of methoxy groups -OCH3 is 1. The Morgan fingerprint density at radius 3 is 2.59 bits per heavy atom. The number of pyridine rings is 2. The monoisotopic (exact) mass is 592 g/mol. The highest BCUT2D eigenvalue weighted by Crippen LogP contribution is 2.47. The van der Waals surface area contributed by atoms with Crippen molar-refractivity contribution >= 4 is 29.1 Å². The van der Waals surface area contributed by atoms with Crippen LogP contribution in [-0.4, -0.2) is 46.6 Å². The number of hydrogen-bond acceptors (Lipinski definition) is 6. The summed E-state index contributed by atoms with van der Waals surface area (Å²) >= 11 is 5.86. The van der Waals surface area contributed by atoms with E-state index in [4.69, 9.17) is 16.3 Å². The van der Waals surface area contributed by atoms with E-state index < -0.39 is 52.6 Å².